The summed E-state index contributed by atoms with van der Waals surface area (Å²) in [6, 6.07) is 8.93. The Morgan fingerprint density at radius 1 is 1.19 bits per heavy atom. The molecule has 1 saturated carbocycles. The van der Waals surface area contributed by atoms with Crippen molar-refractivity contribution in [2.75, 3.05) is 19.7 Å². The minimum absolute atomic E-state index is 0.0382. The molecule has 1 N–H and O–H groups in total. The zero-order chi connectivity index (χ0) is 23.3. The molecule has 2 rings (SSSR count). The molecule has 0 radical (unpaired) electrons. The van der Waals surface area contributed by atoms with E-state index in [1.807, 2.05) is 26.0 Å². The fraction of sp³-hybridized carbons (Fsp3) is 0.519. The van der Waals surface area contributed by atoms with Crippen molar-refractivity contribution in [2.24, 2.45) is 0 Å². The van der Waals surface area contributed by atoms with Gasteiger partial charge in [-0.3, -0.25) is 4.79 Å². The molecule has 1 aromatic rings. The van der Waals surface area contributed by atoms with Crippen LogP contribution in [0.5, 0.6) is 5.75 Å². The number of amides is 1. The third kappa shape index (κ3) is 13.4. The van der Waals surface area contributed by atoms with Gasteiger partial charge in [-0.2, -0.15) is 0 Å². The highest BCUT2D eigenvalue weighted by atomic mass is 16.5. The van der Waals surface area contributed by atoms with E-state index < -0.39 is 0 Å². The smallest absolute Gasteiger partial charge is 0.261 e. The number of benzene rings is 1. The third-order valence-electron chi connectivity index (χ3n) is 5.11. The molecule has 0 unspecified atom stereocenters. The van der Waals surface area contributed by atoms with Crippen LogP contribution in [0.15, 0.2) is 49.2 Å². The van der Waals surface area contributed by atoms with Gasteiger partial charge in [-0.25, -0.2) is 0 Å². The normalized spacial score (nSPS) is 13.5. The Kier molecular flexibility index (Phi) is 17.9. The molecule has 0 atom stereocenters. The minimum Gasteiger partial charge on any atom is -0.484 e. The van der Waals surface area contributed by atoms with Crippen LogP contribution in [0.3, 0.4) is 0 Å². The lowest BCUT2D eigenvalue weighted by atomic mass is 9.94. The summed E-state index contributed by atoms with van der Waals surface area (Å²) < 4.78 is 5.51. The third-order valence-corrected chi connectivity index (χ3v) is 5.11. The minimum atomic E-state index is -0.144. The maximum absolute atomic E-state index is 11.5. The number of carbonyl (C=O) groups is 1. The van der Waals surface area contributed by atoms with Gasteiger partial charge in [0.1, 0.15) is 5.75 Å². The average molecular weight is 427 g/mol. The molecule has 0 aliphatic heterocycles. The summed E-state index contributed by atoms with van der Waals surface area (Å²) >= 11 is 0. The number of nitrogens with zero attached hydrogens (tertiary/aromatic N) is 1. The van der Waals surface area contributed by atoms with Crippen molar-refractivity contribution in [3.05, 3.63) is 54.8 Å². The first-order chi connectivity index (χ1) is 15.1. The maximum atomic E-state index is 11.5. The van der Waals surface area contributed by atoms with Crippen LogP contribution in [-0.2, 0) is 11.2 Å². The standard InChI is InChI=1S/C22H34N2O2.C3H6.C2H2/c1-3-16-23-22(25)18-26-21-14-12-19(13-15-21)9-8-17-24(4-2)20-10-6-5-7-11-20;1-3-2;1-2/h3,12-16,20H,4-11,17-18H2,1-2H3,(H,23,25);3H,1H2,2H3;1-2H/b16-3+;;. The molecule has 4 heteroatoms. The number of aryl methyl sites for hydroxylation is 1. The topological polar surface area (TPSA) is 41.6 Å². The van der Waals surface area contributed by atoms with Gasteiger partial charge in [-0.1, -0.05) is 50.5 Å². The van der Waals surface area contributed by atoms with Crippen molar-refractivity contribution in [1.82, 2.24) is 10.2 Å². The fourth-order valence-electron chi connectivity index (χ4n) is 3.65. The van der Waals surface area contributed by atoms with Gasteiger partial charge < -0.3 is 15.0 Å². The lowest BCUT2D eigenvalue weighted by Crippen LogP contribution is -2.37. The quantitative estimate of drug-likeness (QED) is 0.383. The van der Waals surface area contributed by atoms with E-state index in [1.165, 1.54) is 50.6 Å². The van der Waals surface area contributed by atoms with Gasteiger partial charge in [-0.05, 0) is 76.5 Å². The summed E-state index contributed by atoms with van der Waals surface area (Å²) in [6.07, 6.45) is 22.4. The van der Waals surface area contributed by atoms with Crippen molar-refractivity contribution in [2.45, 2.75) is 71.8 Å². The number of rotatable bonds is 10. The van der Waals surface area contributed by atoms with Gasteiger partial charge >= 0.3 is 0 Å². The fourth-order valence-corrected chi connectivity index (χ4v) is 3.65. The van der Waals surface area contributed by atoms with Gasteiger partial charge in [0.2, 0.25) is 0 Å². The van der Waals surface area contributed by atoms with E-state index >= 15 is 0 Å². The average Bonchev–Trinajstić information content (AvgIpc) is 2.82. The molecule has 1 amide bonds. The highest BCUT2D eigenvalue weighted by molar-refractivity contribution is 5.78. The Morgan fingerprint density at radius 2 is 1.81 bits per heavy atom. The molecular weight excluding hydrogens is 384 g/mol. The number of terminal acetylenes is 1. The molecule has 4 nitrogen and oxygen atoms in total. The molecule has 0 bridgehead atoms. The number of allylic oxidation sites excluding steroid dienone is 2. The molecular formula is C27H42N2O2. The molecule has 1 aliphatic rings. The Morgan fingerprint density at radius 3 is 2.35 bits per heavy atom. The molecule has 0 heterocycles. The van der Waals surface area contributed by atoms with Crippen LogP contribution < -0.4 is 10.1 Å². The van der Waals surface area contributed by atoms with E-state index in [0.29, 0.717) is 0 Å². The van der Waals surface area contributed by atoms with Gasteiger partial charge in [0.05, 0.1) is 0 Å². The number of carbonyl (C=O) groups excluding carboxylic acids is 1. The molecule has 0 spiro atoms. The SMILES string of the molecule is C#C.C/C=C/NC(=O)COc1ccc(CCCN(CC)C2CCCCC2)cc1.C=CC. The summed E-state index contributed by atoms with van der Waals surface area (Å²) in [6.45, 7) is 11.8. The zero-order valence-electron chi connectivity index (χ0n) is 19.8. The number of ether oxygens (including phenoxy) is 1. The second-order valence-electron chi connectivity index (χ2n) is 7.43. The van der Waals surface area contributed by atoms with Gasteiger partial charge in [-0.15, -0.1) is 19.4 Å². The summed E-state index contributed by atoms with van der Waals surface area (Å²) in [5, 5.41) is 2.64. The lowest BCUT2D eigenvalue weighted by molar-refractivity contribution is -0.122. The molecule has 0 saturated heterocycles. The molecule has 1 fully saturated rings. The first-order valence-electron chi connectivity index (χ1n) is 11.4. The van der Waals surface area contributed by atoms with Crippen LogP contribution >= 0.6 is 0 Å². The van der Waals surface area contributed by atoms with Crippen molar-refractivity contribution in [3.8, 4) is 18.6 Å². The first-order valence-corrected chi connectivity index (χ1v) is 11.4. The van der Waals surface area contributed by atoms with Crippen LogP contribution in [0.2, 0.25) is 0 Å². The highest BCUT2D eigenvalue weighted by Crippen LogP contribution is 2.23. The molecule has 1 aliphatic carbocycles. The van der Waals surface area contributed by atoms with Crippen molar-refractivity contribution in [3.63, 3.8) is 0 Å². The monoisotopic (exact) mass is 426 g/mol. The van der Waals surface area contributed by atoms with Crippen LogP contribution in [-0.4, -0.2) is 36.5 Å². The van der Waals surface area contributed by atoms with E-state index in [2.05, 4.69) is 48.7 Å². The lowest BCUT2D eigenvalue weighted by Gasteiger charge is -2.33. The van der Waals surface area contributed by atoms with E-state index in [9.17, 15) is 4.79 Å². The van der Waals surface area contributed by atoms with Crippen molar-refractivity contribution >= 4 is 5.91 Å². The van der Waals surface area contributed by atoms with Gasteiger partial charge in [0.25, 0.3) is 5.91 Å². The molecule has 31 heavy (non-hydrogen) atoms. The Balaban J connectivity index is 0.00000165. The van der Waals surface area contributed by atoms with Gasteiger partial charge in [0, 0.05) is 6.04 Å². The number of hydrogen-bond donors (Lipinski definition) is 1. The Hall–Kier alpha value is -2.51. The second kappa shape index (κ2) is 19.5. The summed E-state index contributed by atoms with van der Waals surface area (Å²) in [4.78, 5) is 14.2. The Labute approximate surface area is 190 Å². The molecule has 172 valence electrons. The predicted molar refractivity (Wildman–Crippen MR) is 133 cm³/mol. The largest absolute Gasteiger partial charge is 0.484 e. The zero-order valence-corrected chi connectivity index (χ0v) is 19.8. The van der Waals surface area contributed by atoms with E-state index in [4.69, 9.17) is 4.74 Å². The predicted octanol–water partition coefficient (Wildman–Crippen LogP) is 5.74. The van der Waals surface area contributed by atoms with Gasteiger partial charge in [0.15, 0.2) is 6.61 Å². The summed E-state index contributed by atoms with van der Waals surface area (Å²) in [7, 11) is 0. The van der Waals surface area contributed by atoms with Crippen molar-refractivity contribution < 1.29 is 9.53 Å². The highest BCUT2D eigenvalue weighted by Gasteiger charge is 2.19. The summed E-state index contributed by atoms with van der Waals surface area (Å²) in [5.41, 5.74) is 1.33. The second-order valence-corrected chi connectivity index (χ2v) is 7.43. The first kappa shape index (κ1) is 28.5. The maximum Gasteiger partial charge on any atom is 0.261 e. The van der Waals surface area contributed by atoms with Crippen LogP contribution in [0.25, 0.3) is 0 Å². The summed E-state index contributed by atoms with van der Waals surface area (Å²) in [5.74, 6) is 0.594. The van der Waals surface area contributed by atoms with E-state index in [1.54, 1.807) is 18.4 Å². The molecule has 0 aromatic heterocycles. The van der Waals surface area contributed by atoms with E-state index in [0.717, 1.165) is 24.8 Å². The van der Waals surface area contributed by atoms with Crippen LogP contribution in [0, 0.1) is 12.8 Å². The Bertz CT molecular complexity index is 628. The number of nitrogens with one attached hydrogen (secondary N) is 1. The van der Waals surface area contributed by atoms with Crippen LogP contribution in [0.4, 0.5) is 0 Å². The molecule has 1 aromatic carbocycles. The van der Waals surface area contributed by atoms with Crippen LogP contribution in [0.1, 0.15) is 64.9 Å². The van der Waals surface area contributed by atoms with E-state index in [-0.39, 0.29) is 12.5 Å². The van der Waals surface area contributed by atoms with Crippen molar-refractivity contribution in [1.29, 1.82) is 0 Å². The number of hydrogen-bond acceptors (Lipinski definition) is 3.